The number of hydrogen-bond donors (Lipinski definition) is 2. The number of nitrogens with zero attached hydrogens (tertiary/aromatic N) is 5. The molecule has 0 radical (unpaired) electrons. The molecular weight excluding hydrogens is 393 g/mol. The third-order valence-corrected chi connectivity index (χ3v) is 5.57. The van der Waals surface area contributed by atoms with Crippen molar-refractivity contribution in [3.63, 3.8) is 0 Å². The SMILES string of the molecule is O=C1CC(=Cc2cnn3c(N4CCC(F)C4)nc(NC4CCOCC4)nc23)C(=O)N1. The van der Waals surface area contributed by atoms with Crippen LogP contribution in [0.15, 0.2) is 11.8 Å². The molecule has 1 atom stereocenters. The molecule has 30 heavy (non-hydrogen) atoms. The molecule has 0 aromatic carbocycles. The second-order valence-electron chi connectivity index (χ2n) is 7.77. The van der Waals surface area contributed by atoms with E-state index in [0.717, 1.165) is 12.8 Å². The maximum absolute atomic E-state index is 13.9. The molecule has 5 heterocycles. The summed E-state index contributed by atoms with van der Waals surface area (Å²) in [7, 11) is 0. The van der Waals surface area contributed by atoms with Gasteiger partial charge in [0.2, 0.25) is 17.8 Å². The van der Waals surface area contributed by atoms with Crippen LogP contribution in [0, 0.1) is 0 Å². The summed E-state index contributed by atoms with van der Waals surface area (Å²) in [5.41, 5.74) is 1.46. The van der Waals surface area contributed by atoms with Crippen LogP contribution < -0.4 is 15.5 Å². The molecule has 10 nitrogen and oxygen atoms in total. The molecule has 1 unspecified atom stereocenters. The fourth-order valence-electron chi connectivity index (χ4n) is 3.98. The number of nitrogens with one attached hydrogen (secondary N) is 2. The molecule has 2 amide bonds. The number of ether oxygens (including phenoxy) is 1. The average molecular weight is 415 g/mol. The van der Waals surface area contributed by atoms with Gasteiger partial charge in [0, 0.05) is 36.9 Å². The van der Waals surface area contributed by atoms with Gasteiger partial charge in [0.15, 0.2) is 5.65 Å². The maximum Gasteiger partial charge on any atom is 0.254 e. The van der Waals surface area contributed by atoms with E-state index in [2.05, 4.69) is 25.7 Å². The van der Waals surface area contributed by atoms with E-state index in [9.17, 15) is 14.0 Å². The molecule has 2 aromatic rings. The van der Waals surface area contributed by atoms with Crippen LogP contribution in [0.25, 0.3) is 11.7 Å². The zero-order chi connectivity index (χ0) is 20.7. The number of alkyl halides is 1. The monoisotopic (exact) mass is 415 g/mol. The number of halogens is 1. The maximum atomic E-state index is 13.9. The zero-order valence-electron chi connectivity index (χ0n) is 16.3. The number of amides is 2. The lowest BCUT2D eigenvalue weighted by molar-refractivity contribution is -0.124. The van der Waals surface area contributed by atoms with Gasteiger partial charge in [-0.15, -0.1) is 0 Å². The lowest BCUT2D eigenvalue weighted by Crippen LogP contribution is -2.30. The normalized spacial score (nSPS) is 24.2. The predicted octanol–water partition coefficient (Wildman–Crippen LogP) is 0.693. The van der Waals surface area contributed by atoms with E-state index in [4.69, 9.17) is 4.74 Å². The molecular formula is C19H22FN7O3. The minimum atomic E-state index is -0.910. The molecule has 3 aliphatic rings. The summed E-state index contributed by atoms with van der Waals surface area (Å²) < 4.78 is 20.8. The van der Waals surface area contributed by atoms with E-state index < -0.39 is 12.1 Å². The van der Waals surface area contributed by atoms with E-state index >= 15 is 0 Å². The highest BCUT2D eigenvalue weighted by Crippen LogP contribution is 2.26. The summed E-state index contributed by atoms with van der Waals surface area (Å²) in [6, 6.07) is 0.185. The van der Waals surface area contributed by atoms with Crippen LogP contribution in [0.2, 0.25) is 0 Å². The van der Waals surface area contributed by atoms with Gasteiger partial charge >= 0.3 is 0 Å². The molecule has 3 fully saturated rings. The van der Waals surface area contributed by atoms with E-state index in [0.29, 0.717) is 54.9 Å². The number of anilines is 2. The van der Waals surface area contributed by atoms with Gasteiger partial charge in [-0.1, -0.05) is 0 Å². The molecule has 2 N–H and O–H groups in total. The molecule has 11 heteroatoms. The zero-order valence-corrected chi connectivity index (χ0v) is 16.3. The molecule has 158 valence electrons. The minimum Gasteiger partial charge on any atom is -0.381 e. The second kappa shape index (κ2) is 7.63. The second-order valence-corrected chi connectivity index (χ2v) is 7.77. The van der Waals surface area contributed by atoms with Crippen LogP contribution in [0.5, 0.6) is 0 Å². The summed E-state index contributed by atoms with van der Waals surface area (Å²) in [6.07, 6.45) is 4.45. The van der Waals surface area contributed by atoms with Crippen molar-refractivity contribution in [1.82, 2.24) is 24.9 Å². The van der Waals surface area contributed by atoms with Crippen LogP contribution >= 0.6 is 0 Å². The van der Waals surface area contributed by atoms with Crippen LogP contribution in [0.3, 0.4) is 0 Å². The largest absolute Gasteiger partial charge is 0.381 e. The van der Waals surface area contributed by atoms with Crippen molar-refractivity contribution < 1.29 is 18.7 Å². The fourth-order valence-corrected chi connectivity index (χ4v) is 3.98. The fraction of sp³-hybridized carbons (Fsp3) is 0.526. The average Bonchev–Trinajstić information content (AvgIpc) is 3.42. The number of rotatable bonds is 4. The number of carbonyl (C=O) groups is 2. The highest BCUT2D eigenvalue weighted by molar-refractivity contribution is 6.15. The van der Waals surface area contributed by atoms with Crippen molar-refractivity contribution in [3.05, 3.63) is 17.3 Å². The smallest absolute Gasteiger partial charge is 0.254 e. The first-order valence-electron chi connectivity index (χ1n) is 10.1. The Morgan fingerprint density at radius 3 is 2.77 bits per heavy atom. The van der Waals surface area contributed by atoms with Crippen molar-refractivity contribution >= 4 is 35.4 Å². The number of fused-ring (bicyclic) bond motifs is 1. The summed E-state index contributed by atoms with van der Waals surface area (Å²) >= 11 is 0. The van der Waals surface area contributed by atoms with Crippen molar-refractivity contribution in [1.29, 1.82) is 0 Å². The Kier molecular flexibility index (Phi) is 4.81. The minimum absolute atomic E-state index is 0.0248. The Hall–Kier alpha value is -3.08. The van der Waals surface area contributed by atoms with Gasteiger partial charge < -0.3 is 15.0 Å². The summed E-state index contributed by atoms with van der Waals surface area (Å²) in [5.74, 6) is 0.199. The first kappa shape index (κ1) is 18.9. The third kappa shape index (κ3) is 3.60. The van der Waals surface area contributed by atoms with Gasteiger partial charge in [0.25, 0.3) is 5.91 Å². The van der Waals surface area contributed by atoms with Gasteiger partial charge in [0.05, 0.1) is 19.2 Å². The van der Waals surface area contributed by atoms with E-state index in [1.807, 2.05) is 4.90 Å². The van der Waals surface area contributed by atoms with Crippen molar-refractivity contribution in [2.45, 2.75) is 37.9 Å². The topological polar surface area (TPSA) is 114 Å². The van der Waals surface area contributed by atoms with Gasteiger partial charge in [-0.3, -0.25) is 14.9 Å². The first-order chi connectivity index (χ1) is 14.6. The summed E-state index contributed by atoms with van der Waals surface area (Å²) in [5, 5.41) is 10.0. The predicted molar refractivity (Wildman–Crippen MR) is 106 cm³/mol. The van der Waals surface area contributed by atoms with E-state index in [-0.39, 0.29) is 24.9 Å². The van der Waals surface area contributed by atoms with E-state index in [1.54, 1.807) is 16.8 Å². The number of carbonyl (C=O) groups excluding carboxylic acids is 2. The Morgan fingerprint density at radius 1 is 1.23 bits per heavy atom. The highest BCUT2D eigenvalue weighted by Gasteiger charge is 2.28. The molecule has 3 aliphatic heterocycles. The number of hydrogen-bond acceptors (Lipinski definition) is 8. The van der Waals surface area contributed by atoms with Gasteiger partial charge in [-0.2, -0.15) is 19.6 Å². The third-order valence-electron chi connectivity index (χ3n) is 5.57. The van der Waals surface area contributed by atoms with Crippen LogP contribution in [-0.2, 0) is 14.3 Å². The standard InChI is InChI=1S/C19H22FN7O3/c20-13-1-4-26(10-13)19-25-18(22-14-2-5-30-6-3-14)24-16-12(9-21-27(16)19)7-11-8-15(28)23-17(11)29/h7,9,13-14H,1-6,8,10H2,(H,22,24)(H,23,28,29). The molecule has 0 bridgehead atoms. The highest BCUT2D eigenvalue weighted by atomic mass is 19.1. The number of imide groups is 1. The Labute approximate surface area is 171 Å². The Bertz CT molecular complexity index is 1030. The van der Waals surface area contributed by atoms with Crippen molar-refractivity contribution in [2.75, 3.05) is 36.5 Å². The Morgan fingerprint density at radius 2 is 2.07 bits per heavy atom. The van der Waals surface area contributed by atoms with Crippen molar-refractivity contribution in [3.8, 4) is 0 Å². The molecule has 5 rings (SSSR count). The van der Waals surface area contributed by atoms with E-state index in [1.165, 1.54) is 0 Å². The molecule has 2 aromatic heterocycles. The Balaban J connectivity index is 1.55. The van der Waals surface area contributed by atoms with Crippen LogP contribution in [0.4, 0.5) is 16.3 Å². The van der Waals surface area contributed by atoms with Gasteiger partial charge in [-0.05, 0) is 25.3 Å². The molecule has 0 spiro atoms. The summed E-state index contributed by atoms with van der Waals surface area (Å²) in [6.45, 7) is 2.14. The van der Waals surface area contributed by atoms with Crippen LogP contribution in [-0.4, -0.2) is 69.9 Å². The first-order valence-corrected chi connectivity index (χ1v) is 10.1. The lowest BCUT2D eigenvalue weighted by atomic mass is 10.1. The molecule has 0 aliphatic carbocycles. The quantitative estimate of drug-likeness (QED) is 0.554. The lowest BCUT2D eigenvalue weighted by Gasteiger charge is -2.24. The van der Waals surface area contributed by atoms with Crippen molar-refractivity contribution in [2.24, 2.45) is 0 Å². The number of aromatic nitrogens is 4. The molecule has 0 saturated carbocycles. The van der Waals surface area contributed by atoms with Crippen LogP contribution in [0.1, 0.15) is 31.2 Å². The van der Waals surface area contributed by atoms with Gasteiger partial charge in [0.1, 0.15) is 6.17 Å². The van der Waals surface area contributed by atoms with Gasteiger partial charge in [-0.25, -0.2) is 4.39 Å². The molecule has 3 saturated heterocycles. The summed E-state index contributed by atoms with van der Waals surface area (Å²) in [4.78, 5) is 34.6.